The van der Waals surface area contributed by atoms with Gasteiger partial charge in [-0.3, -0.25) is 5.43 Å². The molecule has 2 aromatic carbocycles. The van der Waals surface area contributed by atoms with Crippen molar-refractivity contribution in [3.05, 3.63) is 71.0 Å². The number of thiazole rings is 1. The summed E-state index contributed by atoms with van der Waals surface area (Å²) in [7, 11) is 0. The van der Waals surface area contributed by atoms with E-state index in [0.29, 0.717) is 11.5 Å². The number of nitrogens with one attached hydrogen (secondary N) is 1. The smallest absolute Gasteiger partial charge is 0.203 e. The van der Waals surface area contributed by atoms with Gasteiger partial charge in [-0.2, -0.15) is 5.10 Å². The number of rotatable bonds is 5. The minimum absolute atomic E-state index is 0.296. The topological polar surface area (TPSA) is 46.5 Å². The molecule has 23 heavy (non-hydrogen) atoms. The number of hydrogen-bond acceptors (Lipinski definition) is 5. The average Bonchev–Trinajstić information content (AvgIpc) is 2.97. The van der Waals surface area contributed by atoms with Gasteiger partial charge in [0.1, 0.15) is 17.3 Å². The summed E-state index contributed by atoms with van der Waals surface area (Å²) < 4.78 is 18.7. The predicted molar refractivity (Wildman–Crippen MR) is 91.0 cm³/mol. The van der Waals surface area contributed by atoms with Gasteiger partial charge in [-0.1, -0.05) is 12.1 Å². The zero-order chi connectivity index (χ0) is 16.1. The van der Waals surface area contributed by atoms with Gasteiger partial charge in [0.15, 0.2) is 0 Å². The first-order valence-corrected chi connectivity index (χ1v) is 7.82. The van der Waals surface area contributed by atoms with Gasteiger partial charge in [0.2, 0.25) is 5.13 Å². The molecule has 0 saturated carbocycles. The van der Waals surface area contributed by atoms with Gasteiger partial charge < -0.3 is 4.74 Å². The molecule has 1 aromatic heterocycles. The lowest BCUT2D eigenvalue weighted by Crippen LogP contribution is -1.93. The van der Waals surface area contributed by atoms with Gasteiger partial charge >= 0.3 is 0 Å². The summed E-state index contributed by atoms with van der Waals surface area (Å²) >= 11 is 1.49. The largest absolute Gasteiger partial charge is 0.457 e. The van der Waals surface area contributed by atoms with Gasteiger partial charge in [-0.05, 0) is 43.3 Å². The molecule has 0 saturated heterocycles. The van der Waals surface area contributed by atoms with E-state index < -0.39 is 0 Å². The molecular formula is C17H14FN3OS. The second kappa shape index (κ2) is 7.02. The molecule has 3 rings (SSSR count). The van der Waals surface area contributed by atoms with E-state index in [2.05, 4.69) is 15.5 Å². The van der Waals surface area contributed by atoms with Crippen LogP contribution in [-0.4, -0.2) is 11.2 Å². The van der Waals surface area contributed by atoms with Crippen LogP contribution in [0.4, 0.5) is 9.52 Å². The van der Waals surface area contributed by atoms with Crippen molar-refractivity contribution in [1.82, 2.24) is 4.98 Å². The molecule has 0 radical (unpaired) electrons. The van der Waals surface area contributed by atoms with Crippen molar-refractivity contribution in [2.24, 2.45) is 5.10 Å². The van der Waals surface area contributed by atoms with E-state index in [9.17, 15) is 4.39 Å². The summed E-state index contributed by atoms with van der Waals surface area (Å²) in [5.41, 5.74) is 4.64. The maximum Gasteiger partial charge on any atom is 0.203 e. The molecule has 4 nitrogen and oxygen atoms in total. The Morgan fingerprint density at radius 3 is 2.70 bits per heavy atom. The number of hydrazone groups is 1. The molecule has 0 spiro atoms. The van der Waals surface area contributed by atoms with Crippen LogP contribution in [0, 0.1) is 12.7 Å². The summed E-state index contributed by atoms with van der Waals surface area (Å²) in [6.07, 6.45) is 1.66. The molecule has 0 bridgehead atoms. The average molecular weight is 327 g/mol. The minimum atomic E-state index is -0.296. The molecule has 0 aliphatic heterocycles. The number of anilines is 1. The Labute approximate surface area is 137 Å². The van der Waals surface area contributed by atoms with Crippen molar-refractivity contribution < 1.29 is 9.13 Å². The fraction of sp³-hybridized carbons (Fsp3) is 0.0588. The first-order valence-electron chi connectivity index (χ1n) is 6.94. The third-order valence-corrected chi connectivity index (χ3v) is 3.81. The fourth-order valence-corrected chi connectivity index (χ4v) is 2.51. The summed E-state index contributed by atoms with van der Waals surface area (Å²) in [6, 6.07) is 13.4. The highest BCUT2D eigenvalue weighted by Gasteiger charge is 2.03. The SMILES string of the molecule is Cc1csc(NN=Cc2ccccc2Oc2ccc(F)cc2)n1. The Morgan fingerprint density at radius 2 is 1.96 bits per heavy atom. The van der Waals surface area contributed by atoms with Crippen LogP contribution in [0.5, 0.6) is 11.5 Å². The third-order valence-electron chi connectivity index (χ3n) is 2.94. The lowest BCUT2D eigenvalue weighted by molar-refractivity contribution is 0.480. The van der Waals surface area contributed by atoms with Crippen molar-refractivity contribution in [3.8, 4) is 11.5 Å². The van der Waals surface area contributed by atoms with Crippen LogP contribution in [0.2, 0.25) is 0 Å². The van der Waals surface area contributed by atoms with Crippen molar-refractivity contribution in [3.63, 3.8) is 0 Å². The fourth-order valence-electron chi connectivity index (χ4n) is 1.87. The molecule has 1 heterocycles. The van der Waals surface area contributed by atoms with E-state index >= 15 is 0 Å². The third kappa shape index (κ3) is 4.14. The van der Waals surface area contributed by atoms with Crippen LogP contribution in [0.3, 0.4) is 0 Å². The molecule has 1 N–H and O–H groups in total. The lowest BCUT2D eigenvalue weighted by atomic mass is 10.2. The lowest BCUT2D eigenvalue weighted by Gasteiger charge is -2.08. The molecule has 6 heteroatoms. The number of para-hydroxylation sites is 1. The van der Waals surface area contributed by atoms with E-state index in [1.165, 1.54) is 23.5 Å². The zero-order valence-electron chi connectivity index (χ0n) is 12.4. The highest BCUT2D eigenvalue weighted by atomic mass is 32.1. The molecule has 0 amide bonds. The maximum atomic E-state index is 12.9. The van der Waals surface area contributed by atoms with Crippen LogP contribution >= 0.6 is 11.3 Å². The molecule has 0 aliphatic carbocycles. The summed E-state index contributed by atoms with van der Waals surface area (Å²) in [4.78, 5) is 4.27. The normalized spacial score (nSPS) is 10.9. The molecule has 0 unspecified atom stereocenters. The second-order valence-electron chi connectivity index (χ2n) is 4.76. The number of benzene rings is 2. The Kier molecular flexibility index (Phi) is 4.63. The zero-order valence-corrected chi connectivity index (χ0v) is 13.2. The Hall–Kier alpha value is -2.73. The first kappa shape index (κ1) is 15.2. The van der Waals surface area contributed by atoms with Crippen LogP contribution in [0.25, 0.3) is 0 Å². The van der Waals surface area contributed by atoms with E-state index in [1.807, 2.05) is 36.6 Å². The number of aromatic nitrogens is 1. The van der Waals surface area contributed by atoms with Gasteiger partial charge in [0.25, 0.3) is 0 Å². The quantitative estimate of drug-likeness (QED) is 0.539. The van der Waals surface area contributed by atoms with Gasteiger partial charge in [0.05, 0.1) is 11.9 Å². The standard InChI is InChI=1S/C17H14FN3OS/c1-12-11-23-17(20-12)21-19-10-13-4-2-3-5-16(13)22-15-8-6-14(18)7-9-15/h2-11H,1H3,(H,20,21). The van der Waals surface area contributed by atoms with Crippen LogP contribution in [0.15, 0.2) is 59.0 Å². The van der Waals surface area contributed by atoms with E-state index in [0.717, 1.165) is 16.4 Å². The predicted octanol–water partition coefficient (Wildman–Crippen LogP) is 4.83. The van der Waals surface area contributed by atoms with Crippen molar-refractivity contribution in [2.45, 2.75) is 6.92 Å². The van der Waals surface area contributed by atoms with E-state index in [1.54, 1.807) is 18.3 Å². The highest BCUT2D eigenvalue weighted by Crippen LogP contribution is 2.24. The Bertz CT molecular complexity index is 815. The highest BCUT2D eigenvalue weighted by molar-refractivity contribution is 7.13. The number of aryl methyl sites for hydroxylation is 1. The second-order valence-corrected chi connectivity index (χ2v) is 5.62. The number of halogens is 1. The molecule has 116 valence electrons. The maximum absolute atomic E-state index is 12.9. The summed E-state index contributed by atoms with van der Waals surface area (Å²) in [5.74, 6) is 0.908. The first-order chi connectivity index (χ1) is 11.2. The van der Waals surface area contributed by atoms with Crippen molar-refractivity contribution >= 4 is 22.7 Å². The van der Waals surface area contributed by atoms with E-state index in [-0.39, 0.29) is 5.82 Å². The van der Waals surface area contributed by atoms with Crippen LogP contribution in [0.1, 0.15) is 11.3 Å². The van der Waals surface area contributed by atoms with Crippen LogP contribution < -0.4 is 10.2 Å². The molecule has 0 aliphatic rings. The number of nitrogens with zero attached hydrogens (tertiary/aromatic N) is 2. The van der Waals surface area contributed by atoms with Gasteiger partial charge in [0, 0.05) is 10.9 Å². The number of ether oxygens (including phenoxy) is 1. The Balaban J connectivity index is 1.73. The summed E-state index contributed by atoms with van der Waals surface area (Å²) in [5, 5.41) is 6.85. The van der Waals surface area contributed by atoms with Gasteiger partial charge in [-0.25, -0.2) is 9.37 Å². The van der Waals surface area contributed by atoms with Crippen molar-refractivity contribution in [2.75, 3.05) is 5.43 Å². The van der Waals surface area contributed by atoms with E-state index in [4.69, 9.17) is 4.74 Å². The minimum Gasteiger partial charge on any atom is -0.457 e. The van der Waals surface area contributed by atoms with Crippen LogP contribution in [-0.2, 0) is 0 Å². The molecule has 0 atom stereocenters. The van der Waals surface area contributed by atoms with Gasteiger partial charge in [-0.15, -0.1) is 11.3 Å². The Morgan fingerprint density at radius 1 is 1.17 bits per heavy atom. The monoisotopic (exact) mass is 327 g/mol. The molecule has 0 fully saturated rings. The molecule has 3 aromatic rings. The molecular weight excluding hydrogens is 313 g/mol. The number of hydrogen-bond donors (Lipinski definition) is 1. The summed E-state index contributed by atoms with van der Waals surface area (Å²) in [6.45, 7) is 1.93. The van der Waals surface area contributed by atoms with Crippen molar-refractivity contribution in [1.29, 1.82) is 0 Å².